The monoisotopic (exact) mass is 292 g/mol. The highest BCUT2D eigenvalue weighted by atomic mass is 19.1. The van der Waals surface area contributed by atoms with Crippen LogP contribution in [0.3, 0.4) is 0 Å². The van der Waals surface area contributed by atoms with E-state index in [1.54, 1.807) is 12.1 Å². The average Bonchev–Trinajstić information content (AvgIpc) is 2.42. The molecule has 0 radical (unpaired) electrons. The van der Waals surface area contributed by atoms with Crippen LogP contribution in [0.4, 0.5) is 4.39 Å². The molecule has 118 valence electrons. The summed E-state index contributed by atoms with van der Waals surface area (Å²) in [5.74, 6) is -0.156. The van der Waals surface area contributed by atoms with Gasteiger partial charge >= 0.3 is 0 Å². The molecule has 1 N–H and O–H groups in total. The number of hydrogen-bond acceptors (Lipinski definition) is 2. The second-order valence-electron chi connectivity index (χ2n) is 7.33. The second kappa shape index (κ2) is 6.89. The van der Waals surface area contributed by atoms with E-state index in [0.717, 1.165) is 19.6 Å². The Morgan fingerprint density at radius 2 is 1.90 bits per heavy atom. The van der Waals surface area contributed by atoms with Gasteiger partial charge in [-0.05, 0) is 29.5 Å². The van der Waals surface area contributed by atoms with Crippen LogP contribution in [0.1, 0.15) is 46.1 Å². The Morgan fingerprint density at radius 3 is 2.48 bits per heavy atom. The van der Waals surface area contributed by atoms with E-state index in [2.05, 4.69) is 37.9 Å². The number of rotatable bonds is 4. The Morgan fingerprint density at radius 1 is 1.24 bits per heavy atom. The van der Waals surface area contributed by atoms with Gasteiger partial charge in [-0.15, -0.1) is 0 Å². The number of benzene rings is 1. The third-order valence-electron chi connectivity index (χ3n) is 4.50. The molecule has 3 heteroatoms. The topological polar surface area (TPSA) is 15.3 Å². The Labute approximate surface area is 128 Å². The van der Waals surface area contributed by atoms with Gasteiger partial charge in [0.2, 0.25) is 0 Å². The van der Waals surface area contributed by atoms with Gasteiger partial charge in [-0.3, -0.25) is 4.90 Å². The molecule has 0 amide bonds. The van der Waals surface area contributed by atoms with Crippen LogP contribution in [0.15, 0.2) is 24.3 Å². The molecule has 2 unspecified atom stereocenters. The fraction of sp³-hybridized carbons (Fsp3) is 0.667. The van der Waals surface area contributed by atoms with Crippen molar-refractivity contribution in [3.63, 3.8) is 0 Å². The van der Waals surface area contributed by atoms with Crippen molar-refractivity contribution in [2.45, 2.75) is 59.2 Å². The van der Waals surface area contributed by atoms with Crippen molar-refractivity contribution in [1.82, 2.24) is 10.2 Å². The Balaban J connectivity index is 2.08. The van der Waals surface area contributed by atoms with E-state index >= 15 is 0 Å². The zero-order chi connectivity index (χ0) is 15.5. The van der Waals surface area contributed by atoms with Crippen LogP contribution in [0, 0.1) is 11.2 Å². The van der Waals surface area contributed by atoms with Gasteiger partial charge in [0.05, 0.1) is 0 Å². The highest BCUT2D eigenvalue weighted by Crippen LogP contribution is 2.25. The van der Waals surface area contributed by atoms with Gasteiger partial charge in [0.1, 0.15) is 5.82 Å². The summed E-state index contributed by atoms with van der Waals surface area (Å²) in [6.07, 6.45) is 2.41. The third-order valence-corrected chi connectivity index (χ3v) is 4.50. The molecule has 2 atom stereocenters. The lowest BCUT2D eigenvalue weighted by atomic mass is 9.84. The van der Waals surface area contributed by atoms with Crippen molar-refractivity contribution in [3.05, 3.63) is 35.6 Å². The van der Waals surface area contributed by atoms with Crippen molar-refractivity contribution in [2.24, 2.45) is 5.41 Å². The van der Waals surface area contributed by atoms with Crippen LogP contribution < -0.4 is 5.32 Å². The molecule has 1 aromatic carbocycles. The van der Waals surface area contributed by atoms with Gasteiger partial charge in [0, 0.05) is 31.7 Å². The number of piperazine rings is 1. The molecule has 0 aliphatic carbocycles. The maximum absolute atomic E-state index is 13.1. The van der Waals surface area contributed by atoms with Gasteiger partial charge in [0.15, 0.2) is 0 Å². The summed E-state index contributed by atoms with van der Waals surface area (Å²) in [5.41, 5.74) is 1.46. The van der Waals surface area contributed by atoms with E-state index in [1.165, 1.54) is 18.4 Å². The SMILES string of the molecule is CCCC1CNC(C(C)(C)C)CN1Cc1ccc(F)cc1. The smallest absolute Gasteiger partial charge is 0.123 e. The molecule has 1 aliphatic rings. The minimum Gasteiger partial charge on any atom is -0.311 e. The molecule has 1 fully saturated rings. The first-order chi connectivity index (χ1) is 9.90. The number of nitrogens with one attached hydrogen (secondary N) is 1. The summed E-state index contributed by atoms with van der Waals surface area (Å²) in [4.78, 5) is 2.57. The maximum atomic E-state index is 13.1. The number of nitrogens with zero attached hydrogens (tertiary/aromatic N) is 1. The van der Waals surface area contributed by atoms with Crippen molar-refractivity contribution in [2.75, 3.05) is 13.1 Å². The summed E-state index contributed by atoms with van der Waals surface area (Å²) in [6, 6.07) is 8.03. The number of hydrogen-bond donors (Lipinski definition) is 1. The zero-order valence-corrected chi connectivity index (χ0v) is 13.8. The van der Waals surface area contributed by atoms with Gasteiger partial charge in [-0.2, -0.15) is 0 Å². The second-order valence-corrected chi connectivity index (χ2v) is 7.33. The highest BCUT2D eigenvalue weighted by Gasteiger charge is 2.33. The van der Waals surface area contributed by atoms with Crippen molar-refractivity contribution >= 4 is 0 Å². The molecule has 0 saturated carbocycles. The Bertz CT molecular complexity index is 436. The predicted molar refractivity (Wildman–Crippen MR) is 86.8 cm³/mol. The van der Waals surface area contributed by atoms with E-state index in [-0.39, 0.29) is 11.2 Å². The molecule has 0 spiro atoms. The van der Waals surface area contributed by atoms with E-state index in [4.69, 9.17) is 0 Å². The normalized spacial score (nSPS) is 24.2. The molecule has 1 heterocycles. The van der Waals surface area contributed by atoms with E-state index in [9.17, 15) is 4.39 Å². The molecular formula is C18H29FN2. The Kier molecular flexibility index (Phi) is 5.39. The third kappa shape index (κ3) is 4.52. The summed E-state index contributed by atoms with van der Waals surface area (Å²) >= 11 is 0. The number of halogens is 1. The molecule has 1 aliphatic heterocycles. The van der Waals surface area contributed by atoms with Crippen LogP contribution >= 0.6 is 0 Å². The predicted octanol–water partition coefficient (Wildman–Crippen LogP) is 3.81. The largest absolute Gasteiger partial charge is 0.311 e. The first-order valence-corrected chi connectivity index (χ1v) is 8.12. The van der Waals surface area contributed by atoms with Crippen LogP contribution in [0.2, 0.25) is 0 Å². The molecule has 2 nitrogen and oxygen atoms in total. The first-order valence-electron chi connectivity index (χ1n) is 8.12. The van der Waals surface area contributed by atoms with Crippen LogP contribution in [0.5, 0.6) is 0 Å². The zero-order valence-electron chi connectivity index (χ0n) is 13.8. The molecule has 0 aromatic heterocycles. The van der Waals surface area contributed by atoms with Gasteiger partial charge < -0.3 is 5.32 Å². The molecule has 1 aromatic rings. The van der Waals surface area contributed by atoms with E-state index < -0.39 is 0 Å². The van der Waals surface area contributed by atoms with Crippen molar-refractivity contribution in [3.8, 4) is 0 Å². The summed E-state index contributed by atoms with van der Waals surface area (Å²) in [5, 5.41) is 3.72. The van der Waals surface area contributed by atoms with Crippen LogP contribution in [-0.4, -0.2) is 30.1 Å². The first kappa shape index (κ1) is 16.4. The lowest BCUT2D eigenvalue weighted by Crippen LogP contribution is -2.59. The maximum Gasteiger partial charge on any atom is 0.123 e. The van der Waals surface area contributed by atoms with Crippen molar-refractivity contribution < 1.29 is 4.39 Å². The standard InChI is InChI=1S/C18H29FN2/c1-5-6-16-11-20-17(18(2,3)4)13-21(16)12-14-7-9-15(19)10-8-14/h7-10,16-17,20H,5-6,11-13H2,1-4H3. The highest BCUT2D eigenvalue weighted by molar-refractivity contribution is 5.16. The minimum absolute atomic E-state index is 0.156. The van der Waals surface area contributed by atoms with E-state index in [0.29, 0.717) is 12.1 Å². The molecular weight excluding hydrogens is 263 g/mol. The molecule has 2 rings (SSSR count). The molecule has 21 heavy (non-hydrogen) atoms. The quantitative estimate of drug-likeness (QED) is 0.907. The van der Waals surface area contributed by atoms with Gasteiger partial charge in [-0.25, -0.2) is 4.39 Å². The van der Waals surface area contributed by atoms with Crippen LogP contribution in [-0.2, 0) is 6.54 Å². The summed E-state index contributed by atoms with van der Waals surface area (Å²) < 4.78 is 13.1. The van der Waals surface area contributed by atoms with Gasteiger partial charge in [0.25, 0.3) is 0 Å². The molecule has 0 bridgehead atoms. The van der Waals surface area contributed by atoms with Crippen molar-refractivity contribution in [1.29, 1.82) is 0 Å². The Hall–Kier alpha value is -0.930. The van der Waals surface area contributed by atoms with Crippen LogP contribution in [0.25, 0.3) is 0 Å². The lowest BCUT2D eigenvalue weighted by Gasteiger charge is -2.45. The lowest BCUT2D eigenvalue weighted by molar-refractivity contribution is 0.0748. The average molecular weight is 292 g/mol. The molecule has 1 saturated heterocycles. The van der Waals surface area contributed by atoms with Gasteiger partial charge in [-0.1, -0.05) is 46.2 Å². The fourth-order valence-electron chi connectivity index (χ4n) is 3.07. The summed E-state index contributed by atoms with van der Waals surface area (Å²) in [6.45, 7) is 12.1. The fourth-order valence-corrected chi connectivity index (χ4v) is 3.07. The minimum atomic E-state index is -0.156. The van der Waals surface area contributed by atoms with E-state index in [1.807, 2.05) is 12.1 Å². The summed E-state index contributed by atoms with van der Waals surface area (Å²) in [7, 11) is 0.